The molecule has 1 atom stereocenters. The second-order valence-corrected chi connectivity index (χ2v) is 23.4. The summed E-state index contributed by atoms with van der Waals surface area (Å²) in [6.45, 7) is 6.52. The lowest BCUT2D eigenvalue weighted by molar-refractivity contribution is -0.167. The summed E-state index contributed by atoms with van der Waals surface area (Å²) in [5.74, 6) is -0.919. The van der Waals surface area contributed by atoms with Crippen LogP contribution < -0.4 is 0 Å². The Hall–Kier alpha value is -3.41. The summed E-state index contributed by atoms with van der Waals surface area (Å²) in [6.07, 6.45) is 92.0. The molecular formula is C75H132O6. The van der Waals surface area contributed by atoms with Crippen molar-refractivity contribution in [2.75, 3.05) is 13.2 Å². The summed E-state index contributed by atoms with van der Waals surface area (Å²) in [4.78, 5) is 38.3. The van der Waals surface area contributed by atoms with Crippen molar-refractivity contribution in [1.29, 1.82) is 0 Å². The average Bonchev–Trinajstić information content (AvgIpc) is 3.47. The molecule has 0 aromatic heterocycles. The van der Waals surface area contributed by atoms with Crippen LogP contribution in [-0.4, -0.2) is 37.2 Å². The molecule has 468 valence electrons. The molecule has 81 heavy (non-hydrogen) atoms. The van der Waals surface area contributed by atoms with Crippen LogP contribution >= 0.6 is 0 Å². The zero-order valence-corrected chi connectivity index (χ0v) is 53.8. The van der Waals surface area contributed by atoms with Gasteiger partial charge in [0.05, 0.1) is 0 Å². The molecule has 0 aliphatic carbocycles. The second kappa shape index (κ2) is 69.1. The average molecular weight is 1130 g/mol. The van der Waals surface area contributed by atoms with Crippen LogP contribution in [0.3, 0.4) is 0 Å². The minimum atomic E-state index is -0.798. The smallest absolute Gasteiger partial charge is 0.306 e. The number of allylic oxidation sites excluding steroid dienone is 14. The van der Waals surface area contributed by atoms with Crippen LogP contribution in [0.4, 0.5) is 0 Å². The zero-order chi connectivity index (χ0) is 58.5. The topological polar surface area (TPSA) is 78.9 Å². The highest BCUT2D eigenvalue weighted by atomic mass is 16.6. The van der Waals surface area contributed by atoms with Gasteiger partial charge < -0.3 is 14.2 Å². The van der Waals surface area contributed by atoms with Crippen LogP contribution in [0.5, 0.6) is 0 Å². The normalized spacial score (nSPS) is 12.6. The third-order valence-corrected chi connectivity index (χ3v) is 15.4. The zero-order valence-electron chi connectivity index (χ0n) is 53.8. The molecule has 0 spiro atoms. The van der Waals surface area contributed by atoms with E-state index in [1.807, 2.05) is 0 Å². The standard InChI is InChI=1S/C75H132O6/c1-4-7-10-13-16-19-22-24-26-28-30-32-33-34-35-36-37-38-39-40-41-43-44-46-48-50-53-56-59-62-65-68-74(77)80-71-72(70-79-73(76)67-64-61-58-55-52-21-18-15-12-9-6-3)81-75(78)69-66-63-60-57-54-51-49-47-45-42-31-29-27-25-23-20-17-14-11-8-5-2/h8,11,17,20,25,27-28,30-31,42,47,49,54,57,72H,4-7,9-10,12-16,18-19,21-24,26,29,32-41,43-46,48,50-53,55-56,58-71H2,1-3H3/b11-8-,20-17-,27-25-,30-28-,42-31-,49-47-,57-54-. The molecule has 6 nitrogen and oxygen atoms in total. The van der Waals surface area contributed by atoms with E-state index in [0.717, 1.165) is 89.9 Å². The van der Waals surface area contributed by atoms with Crippen molar-refractivity contribution in [3.63, 3.8) is 0 Å². The molecule has 0 N–H and O–H groups in total. The largest absolute Gasteiger partial charge is 0.462 e. The Balaban J connectivity index is 4.21. The molecular weight excluding hydrogens is 997 g/mol. The molecule has 0 amide bonds. The lowest BCUT2D eigenvalue weighted by atomic mass is 10.0. The molecule has 0 aromatic carbocycles. The van der Waals surface area contributed by atoms with E-state index in [0.29, 0.717) is 19.3 Å². The molecule has 0 aliphatic heterocycles. The molecule has 0 radical (unpaired) electrons. The second-order valence-electron chi connectivity index (χ2n) is 23.4. The van der Waals surface area contributed by atoms with Crippen LogP contribution in [0.15, 0.2) is 85.1 Å². The molecule has 0 saturated heterocycles. The molecule has 0 aromatic rings. The van der Waals surface area contributed by atoms with Gasteiger partial charge in [-0.15, -0.1) is 0 Å². The Morgan fingerprint density at radius 1 is 0.259 bits per heavy atom. The number of unbranched alkanes of at least 4 members (excludes halogenated alkanes) is 39. The highest BCUT2D eigenvalue weighted by Crippen LogP contribution is 2.18. The van der Waals surface area contributed by atoms with Gasteiger partial charge in [0, 0.05) is 19.3 Å². The lowest BCUT2D eigenvalue weighted by Gasteiger charge is -2.18. The number of rotatable bonds is 64. The highest BCUT2D eigenvalue weighted by Gasteiger charge is 2.19. The van der Waals surface area contributed by atoms with Crippen molar-refractivity contribution in [3.8, 4) is 0 Å². The highest BCUT2D eigenvalue weighted by molar-refractivity contribution is 5.71. The van der Waals surface area contributed by atoms with Gasteiger partial charge in [-0.2, -0.15) is 0 Å². The van der Waals surface area contributed by atoms with Gasteiger partial charge >= 0.3 is 17.9 Å². The van der Waals surface area contributed by atoms with E-state index in [4.69, 9.17) is 14.2 Å². The van der Waals surface area contributed by atoms with Gasteiger partial charge in [0.2, 0.25) is 0 Å². The van der Waals surface area contributed by atoms with Gasteiger partial charge in [-0.05, 0) is 96.3 Å². The van der Waals surface area contributed by atoms with Crippen molar-refractivity contribution in [1.82, 2.24) is 0 Å². The van der Waals surface area contributed by atoms with E-state index in [1.54, 1.807) is 0 Å². The van der Waals surface area contributed by atoms with E-state index in [9.17, 15) is 14.4 Å². The summed E-state index contributed by atoms with van der Waals surface area (Å²) in [5.41, 5.74) is 0. The van der Waals surface area contributed by atoms with Gasteiger partial charge in [0.15, 0.2) is 6.10 Å². The molecule has 0 heterocycles. The quantitative estimate of drug-likeness (QED) is 0.0261. The van der Waals surface area contributed by atoms with E-state index in [-0.39, 0.29) is 37.5 Å². The maximum Gasteiger partial charge on any atom is 0.306 e. The number of ether oxygens (including phenoxy) is 3. The summed E-state index contributed by atoms with van der Waals surface area (Å²) in [6, 6.07) is 0. The van der Waals surface area contributed by atoms with Gasteiger partial charge in [-0.1, -0.05) is 324 Å². The van der Waals surface area contributed by atoms with Crippen LogP contribution in [0.1, 0.15) is 355 Å². The van der Waals surface area contributed by atoms with Gasteiger partial charge in [-0.25, -0.2) is 0 Å². The third kappa shape index (κ3) is 67.3. The number of esters is 3. The van der Waals surface area contributed by atoms with Gasteiger partial charge in [0.1, 0.15) is 13.2 Å². The first-order valence-corrected chi connectivity index (χ1v) is 35.1. The maximum absolute atomic E-state index is 12.9. The molecule has 0 aliphatic rings. The Kier molecular flexibility index (Phi) is 66.2. The van der Waals surface area contributed by atoms with Gasteiger partial charge in [-0.3, -0.25) is 14.4 Å². The summed E-state index contributed by atoms with van der Waals surface area (Å²) < 4.78 is 16.9. The fourth-order valence-electron chi connectivity index (χ4n) is 10.2. The Morgan fingerprint density at radius 3 is 0.790 bits per heavy atom. The molecule has 0 fully saturated rings. The fraction of sp³-hybridized carbons (Fsp3) is 0.773. The van der Waals surface area contributed by atoms with Crippen molar-refractivity contribution < 1.29 is 28.6 Å². The Morgan fingerprint density at radius 2 is 0.481 bits per heavy atom. The first-order chi connectivity index (χ1) is 40.0. The van der Waals surface area contributed by atoms with Crippen molar-refractivity contribution in [2.45, 2.75) is 361 Å². The predicted octanol–water partition coefficient (Wildman–Crippen LogP) is 24.2. The van der Waals surface area contributed by atoms with Crippen LogP contribution in [-0.2, 0) is 28.6 Å². The summed E-state index contributed by atoms with van der Waals surface area (Å²) in [5, 5.41) is 0. The van der Waals surface area contributed by atoms with Crippen LogP contribution in [0.2, 0.25) is 0 Å². The fourth-order valence-corrected chi connectivity index (χ4v) is 10.2. The van der Waals surface area contributed by atoms with E-state index < -0.39 is 6.10 Å². The molecule has 0 rings (SSSR count). The lowest BCUT2D eigenvalue weighted by Crippen LogP contribution is -2.30. The van der Waals surface area contributed by atoms with Crippen LogP contribution in [0, 0.1) is 0 Å². The SMILES string of the molecule is CC/C=C\C/C=C\C/C=C\C/C=C\C/C=C\C/C=C\CCCCC(=O)OC(COC(=O)CCCCCCCCCCCCC)COC(=O)CCCCCCCCCCCCCCCCCCCCC/C=C\CCCCCCCCCC. The third-order valence-electron chi connectivity index (χ3n) is 15.4. The summed E-state index contributed by atoms with van der Waals surface area (Å²) >= 11 is 0. The monoisotopic (exact) mass is 1130 g/mol. The molecule has 1 unspecified atom stereocenters. The minimum absolute atomic E-state index is 0.0904. The first kappa shape index (κ1) is 77.6. The summed E-state index contributed by atoms with van der Waals surface area (Å²) in [7, 11) is 0. The van der Waals surface area contributed by atoms with Crippen molar-refractivity contribution in [2.24, 2.45) is 0 Å². The van der Waals surface area contributed by atoms with Crippen molar-refractivity contribution >= 4 is 17.9 Å². The molecule has 6 heteroatoms. The van der Waals surface area contributed by atoms with Gasteiger partial charge in [0.25, 0.3) is 0 Å². The number of carbonyl (C=O) groups excluding carboxylic acids is 3. The van der Waals surface area contributed by atoms with Crippen LogP contribution in [0.25, 0.3) is 0 Å². The first-order valence-electron chi connectivity index (χ1n) is 35.1. The minimum Gasteiger partial charge on any atom is -0.462 e. The Labute approximate surface area is 503 Å². The van der Waals surface area contributed by atoms with E-state index in [1.165, 1.54) is 218 Å². The Bertz CT molecular complexity index is 1530. The number of hydrogen-bond acceptors (Lipinski definition) is 6. The van der Waals surface area contributed by atoms with E-state index >= 15 is 0 Å². The van der Waals surface area contributed by atoms with E-state index in [2.05, 4.69) is 106 Å². The molecule has 0 saturated carbocycles. The predicted molar refractivity (Wildman–Crippen MR) is 353 cm³/mol. The maximum atomic E-state index is 12.9. The number of carbonyl (C=O) groups is 3. The number of hydrogen-bond donors (Lipinski definition) is 0. The van der Waals surface area contributed by atoms with Crippen molar-refractivity contribution in [3.05, 3.63) is 85.1 Å². The molecule has 0 bridgehead atoms.